The average molecular weight is 317 g/mol. The molecule has 1 aromatic rings. The Labute approximate surface area is 155 Å². The van der Waals surface area contributed by atoms with E-state index in [0.29, 0.717) is 0 Å². The molecule has 3 rings (SSSR count). The van der Waals surface area contributed by atoms with Crippen molar-refractivity contribution in [2.24, 2.45) is 5.89 Å². The number of piperidine rings is 1. The number of aromatic nitrogens is 1. The summed E-state index contributed by atoms with van der Waals surface area (Å²) >= 11 is 0. The lowest BCUT2D eigenvalue weighted by molar-refractivity contribution is 0.00578. The Morgan fingerprint density at radius 3 is 2.82 bits per heavy atom. The van der Waals surface area contributed by atoms with E-state index >= 15 is 0 Å². The second-order valence-corrected chi connectivity index (χ2v) is 5.99. The second-order valence-electron chi connectivity index (χ2n) is 5.99. The van der Waals surface area contributed by atoms with Gasteiger partial charge in [-0.25, -0.2) is 0 Å². The largest absolute Gasteiger partial charge is 0.496 e. The minimum atomic E-state index is -3.95. The predicted molar refractivity (Wildman–Crippen MR) is 90.6 cm³/mol. The highest BCUT2D eigenvalue weighted by atomic mass is 16.7. The molecule has 5 heteroatoms. The Hall–Kier alpha value is -1.07. The van der Waals surface area contributed by atoms with Crippen LogP contribution >= 0.6 is 0 Å². The van der Waals surface area contributed by atoms with Crippen molar-refractivity contribution in [2.75, 3.05) is 17.9 Å². The van der Waals surface area contributed by atoms with Crippen LogP contribution in [0.1, 0.15) is 67.9 Å². The van der Waals surface area contributed by atoms with Crippen LogP contribution in [0.5, 0.6) is 0 Å². The molecule has 2 saturated heterocycles. The zero-order valence-electron chi connectivity index (χ0n) is 27.8. The van der Waals surface area contributed by atoms with Gasteiger partial charge in [-0.3, -0.25) is 4.98 Å². The van der Waals surface area contributed by atoms with E-state index in [2.05, 4.69) is 4.98 Å². The molecule has 1 unspecified atom stereocenters. The van der Waals surface area contributed by atoms with Crippen LogP contribution < -0.4 is 10.4 Å². The minimum absolute atomic E-state index is 0.216. The van der Waals surface area contributed by atoms with Crippen molar-refractivity contribution in [2.45, 2.75) is 58.5 Å². The van der Waals surface area contributed by atoms with Crippen LogP contribution in [0.15, 0.2) is 18.4 Å². The van der Waals surface area contributed by atoms with Gasteiger partial charge < -0.3 is 14.2 Å². The molecule has 22 heavy (non-hydrogen) atoms. The molecule has 1 aromatic heterocycles. The summed E-state index contributed by atoms with van der Waals surface area (Å²) in [5.74, 6) is -3.95. The fourth-order valence-corrected chi connectivity index (χ4v) is 1.93. The van der Waals surface area contributed by atoms with E-state index in [1.807, 2.05) is 0 Å². The smallest absolute Gasteiger partial charge is 0.399 e. The van der Waals surface area contributed by atoms with Gasteiger partial charge in [-0.1, -0.05) is 6.85 Å². The first-order valence-corrected chi connectivity index (χ1v) is 6.79. The molecule has 4 nitrogen and oxygen atoms in total. The van der Waals surface area contributed by atoms with Gasteiger partial charge in [-0.2, -0.15) is 0 Å². The van der Waals surface area contributed by atoms with Crippen molar-refractivity contribution in [3.8, 4) is 0 Å². The van der Waals surface area contributed by atoms with Crippen LogP contribution in [0.2, 0.25) is 0 Å². The predicted octanol–water partition coefficient (Wildman–Crippen LogP) is 2.62. The SMILES string of the molecule is [2H]c1nc([2H])c(N2C([2H])([2H])C([2H])([2H])C([2H])([2H])C([2H])(C([2H])([2H])[2H])C2([2H])[2H])c([2H])c1B1OC(C)(C)C(C)(C)O1. The summed E-state index contributed by atoms with van der Waals surface area (Å²) in [6, 6.07) is -0.942. The minimum Gasteiger partial charge on any atom is -0.399 e. The Morgan fingerprint density at radius 2 is 2.14 bits per heavy atom. The maximum atomic E-state index is 8.72. The molecule has 3 heterocycles. The van der Waals surface area contributed by atoms with E-state index in [4.69, 9.17) is 29.9 Å². The first-order valence-electron chi connectivity index (χ1n) is 14.3. The molecule has 1 atom stereocenters. The summed E-state index contributed by atoms with van der Waals surface area (Å²) in [7, 11) is -1.47. The summed E-state index contributed by atoms with van der Waals surface area (Å²) in [6.45, 7) is -4.81. The Kier molecular flexibility index (Phi) is 1.45. The quantitative estimate of drug-likeness (QED) is 0.786. The fraction of sp³-hybridized carbons (Fsp3) is 0.706. The third-order valence-electron chi connectivity index (χ3n) is 3.88. The maximum Gasteiger partial charge on any atom is 0.496 e. The Bertz CT molecular complexity index is 1110. The molecule has 0 aliphatic carbocycles. The topological polar surface area (TPSA) is 34.6 Å². The first kappa shape index (κ1) is 5.78. The summed E-state index contributed by atoms with van der Waals surface area (Å²) in [5.41, 5.74) is -3.50. The highest BCUT2D eigenvalue weighted by Gasteiger charge is 2.51. The molecule has 0 spiro atoms. The highest BCUT2D eigenvalue weighted by molar-refractivity contribution is 6.62. The Balaban J connectivity index is 2.40. The number of pyridine rings is 1. The van der Waals surface area contributed by atoms with Gasteiger partial charge in [0.05, 0.1) is 27.2 Å². The van der Waals surface area contributed by atoms with Crippen molar-refractivity contribution < 1.29 is 29.9 Å². The third kappa shape index (κ3) is 2.89. The lowest BCUT2D eigenvalue weighted by Crippen LogP contribution is -2.41. The van der Waals surface area contributed by atoms with Crippen molar-refractivity contribution in [1.82, 2.24) is 4.98 Å². The lowest BCUT2D eigenvalue weighted by Gasteiger charge is -2.32. The van der Waals surface area contributed by atoms with Gasteiger partial charge in [0.2, 0.25) is 0 Å². The van der Waals surface area contributed by atoms with Gasteiger partial charge in [0, 0.05) is 41.1 Å². The monoisotopic (exact) mass is 317 g/mol. The van der Waals surface area contributed by atoms with Crippen LogP contribution in [0.3, 0.4) is 0 Å². The van der Waals surface area contributed by atoms with E-state index in [-0.39, 0.29) is 4.90 Å². The van der Waals surface area contributed by atoms with Crippen LogP contribution in [0, 0.1) is 5.89 Å². The van der Waals surface area contributed by atoms with E-state index in [0.717, 1.165) is 0 Å². The third-order valence-corrected chi connectivity index (χ3v) is 3.88. The average Bonchev–Trinajstić information content (AvgIpc) is 2.88. The number of nitrogens with zero attached hydrogens (tertiary/aromatic N) is 2. The molecule has 0 N–H and O–H groups in total. The zero-order chi connectivity index (χ0) is 29.2. The van der Waals surface area contributed by atoms with Gasteiger partial charge in [-0.05, 0) is 52.4 Å². The Morgan fingerprint density at radius 1 is 1.41 bits per heavy atom. The van der Waals surface area contributed by atoms with Crippen LogP contribution in [-0.4, -0.2) is 36.3 Å². The van der Waals surface area contributed by atoms with E-state index in [1.165, 1.54) is 0 Å². The van der Waals surface area contributed by atoms with E-state index < -0.39 is 86.3 Å². The molecule has 0 aromatic carbocycles. The molecule has 0 saturated carbocycles. The van der Waals surface area contributed by atoms with E-state index in [1.54, 1.807) is 27.7 Å². The number of anilines is 1. The molecule has 2 aliphatic heterocycles. The van der Waals surface area contributed by atoms with Gasteiger partial charge in [-0.15, -0.1) is 0 Å². The normalized spacial score (nSPS) is 50.3. The fourth-order valence-electron chi connectivity index (χ4n) is 1.93. The van der Waals surface area contributed by atoms with Crippen LogP contribution in [-0.2, 0) is 9.31 Å². The standard InChI is InChI=1S/C17H27BN2O2/c1-13-7-6-8-20(12-13)15-9-14(10-19-11-15)18-21-16(2,3)17(4,5)22-18/h9-11,13H,6-8,12H2,1-5H3/i1D3,6D2,7D2,8D2,9D,10D,11D,12D2,13D. The summed E-state index contributed by atoms with van der Waals surface area (Å²) in [6.07, 6.45) is -9.59. The van der Waals surface area contributed by atoms with Crippen molar-refractivity contribution in [3.63, 3.8) is 0 Å². The lowest BCUT2D eigenvalue weighted by atomic mass is 9.80. The summed E-state index contributed by atoms with van der Waals surface area (Å²) in [5, 5.41) is 0. The highest BCUT2D eigenvalue weighted by Crippen LogP contribution is 2.36. The summed E-state index contributed by atoms with van der Waals surface area (Å²) in [4.78, 5) is 3.42. The van der Waals surface area contributed by atoms with Crippen molar-refractivity contribution in [1.29, 1.82) is 0 Å². The van der Waals surface area contributed by atoms with Gasteiger partial charge in [0.15, 0.2) is 0 Å². The first-order chi connectivity index (χ1) is 16.1. The molecule has 2 aliphatic rings. The maximum absolute atomic E-state index is 8.72. The number of rotatable bonds is 2. The van der Waals surface area contributed by atoms with Crippen molar-refractivity contribution >= 4 is 18.3 Å². The van der Waals surface area contributed by atoms with E-state index in [9.17, 15) is 0 Å². The molecule has 0 bridgehead atoms. The van der Waals surface area contributed by atoms with Crippen LogP contribution in [0.4, 0.5) is 5.69 Å². The zero-order valence-corrected chi connectivity index (χ0v) is 12.8. The molecule has 0 amide bonds. The molecule has 120 valence electrons. The summed E-state index contributed by atoms with van der Waals surface area (Å²) < 4.78 is 136. The molecule has 0 radical (unpaired) electrons. The second kappa shape index (κ2) is 5.53. The van der Waals surface area contributed by atoms with Crippen LogP contribution in [0.25, 0.3) is 0 Å². The molecular formula is C17H27BN2O2. The van der Waals surface area contributed by atoms with Gasteiger partial charge in [0.25, 0.3) is 0 Å². The van der Waals surface area contributed by atoms with Crippen molar-refractivity contribution in [3.05, 3.63) is 18.4 Å². The number of hydrogen-bond donors (Lipinski definition) is 0. The molecule has 2 fully saturated rings. The van der Waals surface area contributed by atoms with Gasteiger partial charge >= 0.3 is 7.12 Å². The van der Waals surface area contributed by atoms with Gasteiger partial charge in [0.1, 0.15) is 0 Å². The molecular weight excluding hydrogens is 275 g/mol. The number of hydrogen-bond acceptors (Lipinski definition) is 4.